The molecular formula is C24H29N5O. The van der Waals surface area contributed by atoms with Gasteiger partial charge in [-0.2, -0.15) is 5.10 Å². The van der Waals surface area contributed by atoms with Gasteiger partial charge in [0.25, 0.3) is 5.56 Å². The van der Waals surface area contributed by atoms with Gasteiger partial charge >= 0.3 is 0 Å². The second kappa shape index (κ2) is 7.94. The predicted molar refractivity (Wildman–Crippen MR) is 120 cm³/mol. The van der Waals surface area contributed by atoms with Crippen LogP contribution in [0.5, 0.6) is 0 Å². The molecule has 156 valence electrons. The Labute approximate surface area is 176 Å². The lowest BCUT2D eigenvalue weighted by molar-refractivity contribution is 0.640. The van der Waals surface area contributed by atoms with Crippen LogP contribution in [0.1, 0.15) is 56.4 Å². The normalized spacial score (nSPS) is 11.7. The third kappa shape index (κ3) is 3.16. The van der Waals surface area contributed by atoms with E-state index in [9.17, 15) is 4.79 Å². The van der Waals surface area contributed by atoms with Crippen LogP contribution in [-0.4, -0.2) is 24.0 Å². The molecule has 0 amide bonds. The second-order valence-electron chi connectivity index (χ2n) is 7.84. The molecule has 0 bridgehead atoms. The van der Waals surface area contributed by atoms with Crippen molar-refractivity contribution in [1.82, 2.24) is 24.0 Å². The van der Waals surface area contributed by atoms with E-state index in [0.29, 0.717) is 18.3 Å². The Kier molecular flexibility index (Phi) is 5.33. The molecule has 30 heavy (non-hydrogen) atoms. The highest BCUT2D eigenvalue weighted by Gasteiger charge is 2.21. The van der Waals surface area contributed by atoms with Crippen LogP contribution >= 0.6 is 0 Å². The SMILES string of the molecule is CCC(CC)c1cc(C)n2nc(-c3ccc(-n4cccn4)cc3C)n(CC)c(=O)c12. The van der Waals surface area contributed by atoms with Crippen LogP contribution < -0.4 is 5.56 Å². The molecule has 0 N–H and O–H groups in total. The minimum absolute atomic E-state index is 0.0352. The quantitative estimate of drug-likeness (QED) is 0.461. The van der Waals surface area contributed by atoms with Gasteiger partial charge in [0.1, 0.15) is 5.52 Å². The van der Waals surface area contributed by atoms with Gasteiger partial charge in [-0.05, 0) is 81.0 Å². The summed E-state index contributed by atoms with van der Waals surface area (Å²) in [5.41, 5.74) is 5.88. The van der Waals surface area contributed by atoms with Crippen molar-refractivity contribution >= 4 is 5.52 Å². The molecule has 0 fully saturated rings. The fraction of sp³-hybridized carbons (Fsp3) is 0.375. The van der Waals surface area contributed by atoms with Crippen molar-refractivity contribution in [2.45, 2.75) is 59.9 Å². The maximum absolute atomic E-state index is 13.6. The van der Waals surface area contributed by atoms with Crippen LogP contribution in [-0.2, 0) is 6.54 Å². The van der Waals surface area contributed by atoms with Crippen LogP contribution in [0.3, 0.4) is 0 Å². The van der Waals surface area contributed by atoms with Gasteiger partial charge in [0.15, 0.2) is 5.82 Å². The lowest BCUT2D eigenvalue weighted by atomic mass is 9.95. The summed E-state index contributed by atoms with van der Waals surface area (Å²) in [7, 11) is 0. The Morgan fingerprint density at radius 3 is 2.43 bits per heavy atom. The molecule has 0 aliphatic rings. The molecule has 3 heterocycles. The second-order valence-corrected chi connectivity index (χ2v) is 7.84. The van der Waals surface area contributed by atoms with Gasteiger partial charge in [-0.3, -0.25) is 9.36 Å². The maximum atomic E-state index is 13.6. The number of fused-ring (bicyclic) bond motifs is 1. The topological polar surface area (TPSA) is 57.1 Å². The Balaban J connectivity index is 1.94. The van der Waals surface area contributed by atoms with Crippen molar-refractivity contribution in [2.24, 2.45) is 0 Å². The first kappa shape index (κ1) is 20.1. The molecule has 0 radical (unpaired) electrons. The summed E-state index contributed by atoms with van der Waals surface area (Å²) < 4.78 is 5.48. The zero-order valence-corrected chi connectivity index (χ0v) is 18.4. The Bertz CT molecular complexity index is 1240. The van der Waals surface area contributed by atoms with E-state index >= 15 is 0 Å². The highest BCUT2D eigenvalue weighted by molar-refractivity contribution is 5.65. The van der Waals surface area contributed by atoms with Crippen molar-refractivity contribution in [3.05, 3.63) is 69.9 Å². The van der Waals surface area contributed by atoms with Crippen LogP contribution in [0.15, 0.2) is 47.5 Å². The summed E-state index contributed by atoms with van der Waals surface area (Å²) in [5.74, 6) is 1.07. The number of aryl methyl sites for hydroxylation is 2. The van der Waals surface area contributed by atoms with Crippen LogP contribution in [0.25, 0.3) is 22.6 Å². The van der Waals surface area contributed by atoms with Gasteiger partial charge in [0.2, 0.25) is 0 Å². The first-order valence-corrected chi connectivity index (χ1v) is 10.7. The minimum atomic E-state index is 0.0352. The molecule has 3 aromatic heterocycles. The van der Waals surface area contributed by atoms with Crippen LogP contribution in [0, 0.1) is 13.8 Å². The van der Waals surface area contributed by atoms with Gasteiger partial charge in [-0.25, -0.2) is 9.20 Å². The molecule has 0 saturated carbocycles. The van der Waals surface area contributed by atoms with Gasteiger partial charge in [-0.1, -0.05) is 13.8 Å². The van der Waals surface area contributed by atoms with Crippen molar-refractivity contribution in [3.8, 4) is 17.1 Å². The number of rotatable bonds is 6. The van der Waals surface area contributed by atoms with Crippen molar-refractivity contribution < 1.29 is 0 Å². The van der Waals surface area contributed by atoms with Gasteiger partial charge in [0, 0.05) is 30.2 Å². The van der Waals surface area contributed by atoms with Crippen molar-refractivity contribution in [2.75, 3.05) is 0 Å². The molecule has 0 aliphatic heterocycles. The molecule has 0 saturated heterocycles. The smallest absolute Gasteiger partial charge is 0.278 e. The molecule has 0 atom stereocenters. The molecule has 0 aliphatic carbocycles. The van der Waals surface area contributed by atoms with Crippen molar-refractivity contribution in [3.63, 3.8) is 0 Å². The van der Waals surface area contributed by atoms with E-state index in [0.717, 1.165) is 46.4 Å². The predicted octanol–water partition coefficient (Wildman–Crippen LogP) is 4.89. The fourth-order valence-corrected chi connectivity index (χ4v) is 4.36. The zero-order chi connectivity index (χ0) is 21.4. The van der Waals surface area contributed by atoms with Gasteiger partial charge in [0.05, 0.1) is 5.69 Å². The summed E-state index contributed by atoms with van der Waals surface area (Å²) in [4.78, 5) is 13.6. The highest BCUT2D eigenvalue weighted by atomic mass is 16.1. The highest BCUT2D eigenvalue weighted by Crippen LogP contribution is 2.29. The largest absolute Gasteiger partial charge is 0.290 e. The molecule has 4 aromatic rings. The van der Waals surface area contributed by atoms with E-state index in [2.05, 4.69) is 38.0 Å². The third-order valence-corrected chi connectivity index (χ3v) is 6.04. The van der Waals surface area contributed by atoms with E-state index in [4.69, 9.17) is 5.10 Å². The Hall–Kier alpha value is -3.15. The molecule has 4 rings (SSSR count). The molecule has 1 aromatic carbocycles. The standard InChI is InChI=1S/C24H29N5O/c1-6-18(7-2)21-15-17(5)29-22(21)24(30)27(8-3)23(26-29)20-11-10-19(14-16(20)4)28-13-9-12-25-28/h9-15,18H,6-8H2,1-5H3. The molecular weight excluding hydrogens is 374 g/mol. The lowest BCUT2D eigenvalue weighted by Gasteiger charge is -2.16. The van der Waals surface area contributed by atoms with E-state index in [1.54, 1.807) is 10.8 Å². The van der Waals surface area contributed by atoms with E-state index in [-0.39, 0.29) is 5.56 Å². The van der Waals surface area contributed by atoms with Crippen LogP contribution in [0.2, 0.25) is 0 Å². The molecule has 0 unspecified atom stereocenters. The van der Waals surface area contributed by atoms with E-state index in [1.165, 1.54) is 0 Å². The number of aromatic nitrogens is 5. The molecule has 6 nitrogen and oxygen atoms in total. The average molecular weight is 404 g/mol. The summed E-state index contributed by atoms with van der Waals surface area (Å²) in [6, 6.07) is 10.2. The average Bonchev–Trinajstić information content (AvgIpc) is 3.38. The number of benzene rings is 1. The van der Waals surface area contributed by atoms with Gasteiger partial charge < -0.3 is 0 Å². The minimum Gasteiger partial charge on any atom is -0.290 e. The summed E-state index contributed by atoms with van der Waals surface area (Å²) >= 11 is 0. The van der Waals surface area contributed by atoms with E-state index in [1.807, 2.05) is 47.4 Å². The molecule has 0 spiro atoms. The third-order valence-electron chi connectivity index (χ3n) is 6.04. The zero-order valence-electron chi connectivity index (χ0n) is 18.4. The van der Waals surface area contributed by atoms with Gasteiger partial charge in [-0.15, -0.1) is 5.10 Å². The monoisotopic (exact) mass is 403 g/mol. The summed E-state index contributed by atoms with van der Waals surface area (Å²) in [6.45, 7) is 11.0. The summed E-state index contributed by atoms with van der Waals surface area (Å²) in [6.07, 6.45) is 5.71. The Morgan fingerprint density at radius 2 is 1.83 bits per heavy atom. The maximum Gasteiger partial charge on any atom is 0.278 e. The Morgan fingerprint density at radius 1 is 1.07 bits per heavy atom. The first-order chi connectivity index (χ1) is 14.5. The number of hydrogen-bond donors (Lipinski definition) is 0. The van der Waals surface area contributed by atoms with E-state index < -0.39 is 0 Å². The number of nitrogens with zero attached hydrogens (tertiary/aromatic N) is 5. The van der Waals surface area contributed by atoms with Crippen LogP contribution in [0.4, 0.5) is 0 Å². The van der Waals surface area contributed by atoms with Crippen molar-refractivity contribution in [1.29, 1.82) is 0 Å². The number of hydrogen-bond acceptors (Lipinski definition) is 3. The first-order valence-electron chi connectivity index (χ1n) is 10.7. The lowest BCUT2D eigenvalue weighted by Crippen LogP contribution is -2.26. The molecule has 6 heteroatoms. The summed E-state index contributed by atoms with van der Waals surface area (Å²) in [5, 5.41) is 9.27. The fourth-order valence-electron chi connectivity index (χ4n) is 4.36.